The van der Waals surface area contributed by atoms with Crippen LogP contribution in [0.3, 0.4) is 0 Å². The lowest BCUT2D eigenvalue weighted by atomic mass is 10.1. The van der Waals surface area contributed by atoms with Gasteiger partial charge in [-0.2, -0.15) is 5.10 Å². The number of aromatic nitrogens is 2. The summed E-state index contributed by atoms with van der Waals surface area (Å²) in [6, 6.07) is 4.29. The molecule has 0 radical (unpaired) electrons. The molecule has 0 atom stereocenters. The molecule has 0 aliphatic heterocycles. The Morgan fingerprint density at radius 1 is 1.45 bits per heavy atom. The van der Waals surface area contributed by atoms with Crippen LogP contribution >= 0.6 is 0 Å². The Morgan fingerprint density at radius 3 is 2.86 bits per heavy atom. The van der Waals surface area contributed by atoms with E-state index in [0.717, 1.165) is 24.0 Å². The van der Waals surface area contributed by atoms with Gasteiger partial charge in [0.1, 0.15) is 0 Å². The van der Waals surface area contributed by atoms with Gasteiger partial charge < -0.3 is 5.32 Å². The van der Waals surface area contributed by atoms with E-state index in [4.69, 9.17) is 0 Å². The lowest BCUT2D eigenvalue weighted by Gasteiger charge is -2.07. The van der Waals surface area contributed by atoms with Crippen LogP contribution in [0.4, 0.5) is 5.69 Å². The SMILES string of the molecule is Cc1ccc([N+](=O)[O-])cc1C(=O)NCCCc1cnn(C)c1. The Bertz CT molecular complexity index is 694. The Hall–Kier alpha value is -2.70. The van der Waals surface area contributed by atoms with E-state index >= 15 is 0 Å². The van der Waals surface area contributed by atoms with Gasteiger partial charge in [-0.25, -0.2) is 0 Å². The number of benzene rings is 1. The van der Waals surface area contributed by atoms with Gasteiger partial charge in [-0.05, 0) is 30.9 Å². The summed E-state index contributed by atoms with van der Waals surface area (Å²) in [7, 11) is 1.86. The molecule has 116 valence electrons. The van der Waals surface area contributed by atoms with Gasteiger partial charge in [0.25, 0.3) is 11.6 Å². The topological polar surface area (TPSA) is 90.1 Å². The third-order valence-corrected chi connectivity index (χ3v) is 3.36. The molecule has 0 spiro atoms. The number of nitro groups is 1. The fourth-order valence-corrected chi connectivity index (χ4v) is 2.16. The maximum atomic E-state index is 12.1. The molecule has 22 heavy (non-hydrogen) atoms. The summed E-state index contributed by atoms with van der Waals surface area (Å²) in [4.78, 5) is 22.4. The van der Waals surface area contributed by atoms with Crippen molar-refractivity contribution in [2.75, 3.05) is 6.54 Å². The predicted octanol–water partition coefficient (Wildman–Crippen LogP) is 2.00. The minimum absolute atomic E-state index is 0.0777. The standard InChI is InChI=1S/C15H18N4O3/c1-11-5-6-13(19(21)22)8-14(11)15(20)16-7-3-4-12-9-17-18(2)10-12/h5-6,8-10H,3-4,7H2,1-2H3,(H,16,20). The molecule has 1 aromatic carbocycles. The van der Waals surface area contributed by atoms with E-state index in [-0.39, 0.29) is 11.6 Å². The normalized spacial score (nSPS) is 10.5. The Kier molecular flexibility index (Phi) is 4.88. The van der Waals surface area contributed by atoms with Crippen molar-refractivity contribution in [1.82, 2.24) is 15.1 Å². The van der Waals surface area contributed by atoms with Gasteiger partial charge in [0.05, 0.1) is 11.1 Å². The molecule has 1 aromatic heterocycles. The number of non-ortho nitro benzene ring substituents is 1. The molecule has 2 aromatic rings. The first-order valence-corrected chi connectivity index (χ1v) is 6.98. The van der Waals surface area contributed by atoms with Crippen molar-refractivity contribution in [3.63, 3.8) is 0 Å². The van der Waals surface area contributed by atoms with Crippen LogP contribution in [0.15, 0.2) is 30.6 Å². The number of hydrogen-bond acceptors (Lipinski definition) is 4. The summed E-state index contributed by atoms with van der Waals surface area (Å²) in [5, 5.41) is 17.6. The Balaban J connectivity index is 1.89. The van der Waals surface area contributed by atoms with E-state index < -0.39 is 4.92 Å². The molecular weight excluding hydrogens is 284 g/mol. The van der Waals surface area contributed by atoms with Gasteiger partial charge in [-0.3, -0.25) is 19.6 Å². The smallest absolute Gasteiger partial charge is 0.270 e. The van der Waals surface area contributed by atoms with Crippen LogP contribution in [0.2, 0.25) is 0 Å². The van der Waals surface area contributed by atoms with Crippen LogP contribution in [0.5, 0.6) is 0 Å². The van der Waals surface area contributed by atoms with E-state index in [0.29, 0.717) is 12.1 Å². The van der Waals surface area contributed by atoms with Gasteiger partial charge in [0.15, 0.2) is 0 Å². The molecule has 0 unspecified atom stereocenters. The Labute approximate surface area is 128 Å². The number of carbonyl (C=O) groups is 1. The molecule has 7 heteroatoms. The van der Waals surface area contributed by atoms with E-state index in [1.165, 1.54) is 12.1 Å². The van der Waals surface area contributed by atoms with Crippen LogP contribution in [0.1, 0.15) is 27.9 Å². The zero-order valence-electron chi connectivity index (χ0n) is 12.6. The maximum absolute atomic E-state index is 12.1. The number of hydrogen-bond donors (Lipinski definition) is 1. The highest BCUT2D eigenvalue weighted by molar-refractivity contribution is 5.96. The minimum atomic E-state index is -0.501. The first-order valence-electron chi connectivity index (χ1n) is 6.98. The Morgan fingerprint density at radius 2 is 2.23 bits per heavy atom. The fourth-order valence-electron chi connectivity index (χ4n) is 2.16. The third-order valence-electron chi connectivity index (χ3n) is 3.36. The zero-order chi connectivity index (χ0) is 16.1. The molecule has 0 bridgehead atoms. The molecule has 0 aliphatic carbocycles. The summed E-state index contributed by atoms with van der Waals surface area (Å²) in [6.07, 6.45) is 5.34. The molecule has 0 saturated carbocycles. The molecule has 0 saturated heterocycles. The van der Waals surface area contributed by atoms with Crippen LogP contribution in [-0.4, -0.2) is 27.2 Å². The van der Waals surface area contributed by atoms with Crippen LogP contribution in [0, 0.1) is 17.0 Å². The van der Waals surface area contributed by atoms with Gasteiger partial charge in [0.2, 0.25) is 0 Å². The van der Waals surface area contributed by atoms with E-state index in [1.54, 1.807) is 23.9 Å². The number of nitro benzene ring substituents is 1. The van der Waals surface area contributed by atoms with Crippen molar-refractivity contribution in [3.8, 4) is 0 Å². The number of nitrogens with one attached hydrogen (secondary N) is 1. The van der Waals surface area contributed by atoms with Gasteiger partial charge in [-0.15, -0.1) is 0 Å². The van der Waals surface area contributed by atoms with Crippen molar-refractivity contribution in [1.29, 1.82) is 0 Å². The van der Waals surface area contributed by atoms with Gasteiger partial charge in [-0.1, -0.05) is 6.07 Å². The number of nitrogens with zero attached hydrogens (tertiary/aromatic N) is 3. The second-order valence-electron chi connectivity index (χ2n) is 5.14. The van der Waals surface area contributed by atoms with Gasteiger partial charge >= 0.3 is 0 Å². The summed E-state index contributed by atoms with van der Waals surface area (Å²) in [6.45, 7) is 2.27. The van der Waals surface area contributed by atoms with Crippen molar-refractivity contribution >= 4 is 11.6 Å². The van der Waals surface area contributed by atoms with E-state index in [1.807, 2.05) is 13.2 Å². The zero-order valence-corrected chi connectivity index (χ0v) is 12.6. The lowest BCUT2D eigenvalue weighted by molar-refractivity contribution is -0.384. The van der Waals surface area contributed by atoms with E-state index in [9.17, 15) is 14.9 Å². The monoisotopic (exact) mass is 302 g/mol. The largest absolute Gasteiger partial charge is 0.352 e. The quantitative estimate of drug-likeness (QED) is 0.502. The molecule has 2 rings (SSSR count). The molecule has 1 amide bonds. The summed E-state index contributed by atoms with van der Waals surface area (Å²) in [5.74, 6) is -0.285. The van der Waals surface area contributed by atoms with Crippen LogP contribution in [0.25, 0.3) is 0 Å². The average Bonchev–Trinajstić information content (AvgIpc) is 2.89. The number of rotatable bonds is 6. The van der Waals surface area contributed by atoms with E-state index in [2.05, 4.69) is 10.4 Å². The molecule has 1 N–H and O–H groups in total. The van der Waals surface area contributed by atoms with Crippen molar-refractivity contribution in [3.05, 3.63) is 57.4 Å². The second kappa shape index (κ2) is 6.84. The first-order chi connectivity index (χ1) is 10.5. The number of carbonyl (C=O) groups excluding carboxylic acids is 1. The fraction of sp³-hybridized carbons (Fsp3) is 0.333. The van der Waals surface area contributed by atoms with Gasteiger partial charge in [0, 0.05) is 37.5 Å². The molecule has 7 nitrogen and oxygen atoms in total. The number of aryl methyl sites for hydroxylation is 3. The highest BCUT2D eigenvalue weighted by Crippen LogP contribution is 2.17. The minimum Gasteiger partial charge on any atom is -0.352 e. The molecule has 0 aliphatic rings. The van der Waals surface area contributed by atoms with Crippen molar-refractivity contribution in [2.45, 2.75) is 19.8 Å². The second-order valence-corrected chi connectivity index (χ2v) is 5.14. The average molecular weight is 302 g/mol. The summed E-state index contributed by atoms with van der Waals surface area (Å²) in [5.41, 5.74) is 2.10. The number of amides is 1. The molecule has 1 heterocycles. The first kappa shape index (κ1) is 15.7. The summed E-state index contributed by atoms with van der Waals surface area (Å²) >= 11 is 0. The predicted molar refractivity (Wildman–Crippen MR) is 81.7 cm³/mol. The third kappa shape index (κ3) is 3.91. The molecular formula is C15H18N4O3. The highest BCUT2D eigenvalue weighted by Gasteiger charge is 2.14. The summed E-state index contributed by atoms with van der Waals surface area (Å²) < 4.78 is 1.74. The lowest BCUT2D eigenvalue weighted by Crippen LogP contribution is -2.25. The van der Waals surface area contributed by atoms with Crippen molar-refractivity contribution in [2.24, 2.45) is 7.05 Å². The van der Waals surface area contributed by atoms with Crippen molar-refractivity contribution < 1.29 is 9.72 Å². The van der Waals surface area contributed by atoms with Crippen LogP contribution in [-0.2, 0) is 13.5 Å². The maximum Gasteiger partial charge on any atom is 0.270 e. The highest BCUT2D eigenvalue weighted by atomic mass is 16.6. The van der Waals surface area contributed by atoms with Crippen LogP contribution < -0.4 is 5.32 Å². The molecule has 0 fully saturated rings.